The van der Waals surface area contributed by atoms with Gasteiger partial charge >= 0.3 is 17.9 Å². The fraction of sp³-hybridized carbons (Fsp3) is 0.620. The number of halogens is 2. The summed E-state index contributed by atoms with van der Waals surface area (Å²) in [4.78, 5) is 39.4. The predicted molar refractivity (Wildman–Crippen MR) is 256 cm³/mol. The zero-order chi connectivity index (χ0) is 52.5. The average molecular weight is 1030 g/mol. The highest BCUT2D eigenvalue weighted by molar-refractivity contribution is 6.39. The number of aliphatic hydroxyl groups is 5. The van der Waals surface area contributed by atoms with Gasteiger partial charge in [-0.25, -0.2) is 9.59 Å². The molecule has 14 atom stereocenters. The van der Waals surface area contributed by atoms with Crippen molar-refractivity contribution < 1.29 is 88.0 Å². The van der Waals surface area contributed by atoms with E-state index in [2.05, 4.69) is 0 Å². The molecule has 1 aromatic carbocycles. The van der Waals surface area contributed by atoms with E-state index in [0.717, 1.165) is 0 Å². The summed E-state index contributed by atoms with van der Waals surface area (Å²) in [6.07, 6.45) is -5.39. The number of phenolic OH excluding ortho intramolecular Hbond substituents is 2. The molecule has 2 saturated heterocycles. The molecule has 3 heterocycles. The molecule has 18 nitrogen and oxygen atoms in total. The van der Waals surface area contributed by atoms with Crippen LogP contribution in [0.1, 0.15) is 104 Å². The van der Waals surface area contributed by atoms with Crippen LogP contribution in [0.4, 0.5) is 0 Å². The van der Waals surface area contributed by atoms with Gasteiger partial charge in [0, 0.05) is 26.4 Å². The number of hydrogen-bond acceptors (Lipinski definition) is 18. The standard InChI is InChI=1S/C50H70Cl2O18/c1-12-29-21-24(4)32(55)17-15-14-16-30(22-64-49-44(63-11)39(58)42(27(7)65-49)68-47(62)34-31(13-2)35(51)38(57)36(52)37(34)56)46(61)67-33(26(6)53)19-18-23(3)20-25(5)41(29)69-48-40(59)43(66-28(8)54)45(60)50(9,10)70-48/h14-16,18,20-21,26-27,29,32-33,39-45,48-49,53,55-60H,12-13,17,19,22H2,1-11H3/b15-14+,23-18+,24-21+,25-20+,30-16+/t26-,27-,29+,32+,33+,39+,40+,41+,42-,43-,44+,45+,48-,49-/m1/s1. The van der Waals surface area contributed by atoms with E-state index in [9.17, 15) is 50.1 Å². The van der Waals surface area contributed by atoms with E-state index in [1.807, 2.05) is 26.0 Å². The number of benzene rings is 1. The van der Waals surface area contributed by atoms with Crippen molar-refractivity contribution in [1.29, 1.82) is 0 Å². The first kappa shape index (κ1) is 58.7. The number of cyclic esters (lactones) is 1. The number of aliphatic hydroxyl groups excluding tert-OH is 5. The first-order valence-electron chi connectivity index (χ1n) is 23.2. The van der Waals surface area contributed by atoms with Gasteiger partial charge in [0.2, 0.25) is 0 Å². The maximum atomic E-state index is 13.9. The highest BCUT2D eigenvalue weighted by Crippen LogP contribution is 2.45. The molecule has 0 amide bonds. The number of aromatic hydroxyl groups is 2. The Labute approximate surface area is 419 Å². The molecule has 2 fully saturated rings. The van der Waals surface area contributed by atoms with Crippen LogP contribution < -0.4 is 0 Å². The van der Waals surface area contributed by atoms with E-state index in [4.69, 9.17) is 61.1 Å². The highest BCUT2D eigenvalue weighted by atomic mass is 35.5. The van der Waals surface area contributed by atoms with Crippen LogP contribution in [-0.2, 0) is 53.9 Å². The summed E-state index contributed by atoms with van der Waals surface area (Å²) < 4.78 is 47.1. The molecule has 4 rings (SSSR count). The van der Waals surface area contributed by atoms with E-state index in [-0.39, 0.29) is 35.4 Å². The summed E-state index contributed by atoms with van der Waals surface area (Å²) >= 11 is 12.3. The number of phenols is 2. The van der Waals surface area contributed by atoms with E-state index in [0.29, 0.717) is 23.1 Å². The zero-order valence-electron chi connectivity index (χ0n) is 41.5. The summed E-state index contributed by atoms with van der Waals surface area (Å²) in [5.41, 5.74) is 0.292. The largest absolute Gasteiger partial charge is 0.505 e. The summed E-state index contributed by atoms with van der Waals surface area (Å²) in [5.74, 6) is -4.44. The van der Waals surface area contributed by atoms with Gasteiger partial charge in [-0.2, -0.15) is 0 Å². The Bertz CT molecular complexity index is 2160. The lowest BCUT2D eigenvalue weighted by Crippen LogP contribution is -2.64. The number of ether oxygens (including phenoxy) is 8. The second-order valence-corrected chi connectivity index (χ2v) is 19.1. The van der Waals surface area contributed by atoms with Gasteiger partial charge in [0.25, 0.3) is 0 Å². The first-order valence-corrected chi connectivity index (χ1v) is 24.0. The summed E-state index contributed by atoms with van der Waals surface area (Å²) in [6, 6.07) is 0. The summed E-state index contributed by atoms with van der Waals surface area (Å²) in [7, 11) is 1.26. The molecule has 3 aliphatic rings. The predicted octanol–water partition coefficient (Wildman–Crippen LogP) is 5.60. The Hall–Kier alpha value is -3.89. The second-order valence-electron chi connectivity index (χ2n) is 18.4. The van der Waals surface area contributed by atoms with Gasteiger partial charge in [0.05, 0.1) is 47.2 Å². The third-order valence-electron chi connectivity index (χ3n) is 12.6. The van der Waals surface area contributed by atoms with Crippen LogP contribution in [0.2, 0.25) is 10.0 Å². The van der Waals surface area contributed by atoms with Crippen LogP contribution in [0.3, 0.4) is 0 Å². The fourth-order valence-corrected chi connectivity index (χ4v) is 9.00. The van der Waals surface area contributed by atoms with Crippen molar-refractivity contribution in [1.82, 2.24) is 0 Å². The van der Waals surface area contributed by atoms with Crippen LogP contribution >= 0.6 is 23.2 Å². The van der Waals surface area contributed by atoms with Crippen molar-refractivity contribution in [3.05, 3.63) is 79.9 Å². The van der Waals surface area contributed by atoms with Crippen LogP contribution in [0.25, 0.3) is 0 Å². The molecule has 20 heteroatoms. The highest BCUT2D eigenvalue weighted by Gasteiger charge is 2.52. The maximum absolute atomic E-state index is 13.9. The monoisotopic (exact) mass is 1030 g/mol. The van der Waals surface area contributed by atoms with Gasteiger partial charge in [0.15, 0.2) is 36.3 Å². The Morgan fingerprint density at radius 2 is 1.60 bits per heavy atom. The Morgan fingerprint density at radius 3 is 2.20 bits per heavy atom. The SMILES string of the molecule is CCc1c(Cl)c(O)c(Cl)c(O)c1C(=O)O[C@H]1[C@H](O)[C@H](OC)[C@H](OC/C2=C\C=C\C[C@H](O)/C(C)=C/[C@H](CC)[C@@H](O[C@@H]3OC(C)(C)[C@@H](O)[C@H](OC(C)=O)[C@@H]3O)/C(C)=C/C(C)=C/C[C@@H]([C@@H](C)O)OC2=O)O[C@@H]1C. The lowest BCUT2D eigenvalue weighted by molar-refractivity contribution is -0.332. The van der Waals surface area contributed by atoms with E-state index in [1.165, 1.54) is 40.0 Å². The molecule has 0 bridgehead atoms. The number of allylic oxidation sites excluding steroid dienone is 4. The van der Waals surface area contributed by atoms with Crippen molar-refractivity contribution >= 4 is 41.1 Å². The maximum Gasteiger partial charge on any atom is 0.342 e. The van der Waals surface area contributed by atoms with Gasteiger partial charge in [0.1, 0.15) is 41.1 Å². The van der Waals surface area contributed by atoms with Crippen molar-refractivity contribution in [2.45, 2.75) is 180 Å². The molecule has 0 aromatic heterocycles. The van der Waals surface area contributed by atoms with Gasteiger partial charge in [-0.15, -0.1) is 0 Å². The molecular formula is C50H70Cl2O18. The number of hydrogen-bond donors (Lipinski definition) is 7. The minimum Gasteiger partial charge on any atom is -0.505 e. The average Bonchev–Trinajstić information content (AvgIpc) is 3.29. The molecule has 392 valence electrons. The first-order chi connectivity index (χ1) is 32.8. The minimum absolute atomic E-state index is 0.0381. The normalized spacial score (nSPS) is 35.4. The van der Waals surface area contributed by atoms with Gasteiger partial charge in [-0.3, -0.25) is 4.79 Å². The quantitative estimate of drug-likeness (QED) is 0.0763. The topological polar surface area (TPSA) is 267 Å². The molecule has 0 unspecified atom stereocenters. The van der Waals surface area contributed by atoms with Crippen LogP contribution in [0.15, 0.2) is 58.7 Å². The Morgan fingerprint density at radius 1 is 0.929 bits per heavy atom. The van der Waals surface area contributed by atoms with Crippen molar-refractivity contribution in [3.63, 3.8) is 0 Å². The molecule has 0 saturated carbocycles. The Balaban J connectivity index is 1.62. The van der Waals surface area contributed by atoms with Crippen molar-refractivity contribution in [2.24, 2.45) is 5.92 Å². The summed E-state index contributed by atoms with van der Waals surface area (Å²) in [6.45, 7) is 15.8. The fourth-order valence-electron chi connectivity index (χ4n) is 8.44. The number of esters is 3. The molecule has 1 aromatic rings. The van der Waals surface area contributed by atoms with Gasteiger partial charge < -0.3 is 73.6 Å². The van der Waals surface area contributed by atoms with E-state index >= 15 is 0 Å². The van der Waals surface area contributed by atoms with Crippen LogP contribution in [-0.4, -0.2) is 153 Å². The number of carbonyl (C=O) groups excluding carboxylic acids is 3. The lowest BCUT2D eigenvalue weighted by Gasteiger charge is -2.47. The van der Waals surface area contributed by atoms with E-state index < -0.39 is 138 Å². The van der Waals surface area contributed by atoms with Crippen LogP contribution in [0, 0.1) is 5.92 Å². The third kappa shape index (κ3) is 14.2. The van der Waals surface area contributed by atoms with Crippen molar-refractivity contribution in [3.8, 4) is 11.5 Å². The number of carbonyl (C=O) groups is 3. The van der Waals surface area contributed by atoms with Gasteiger partial charge in [-0.1, -0.05) is 73.0 Å². The summed E-state index contributed by atoms with van der Waals surface area (Å²) in [5, 5.41) is 76.0. The molecule has 0 radical (unpaired) electrons. The minimum atomic E-state index is -1.57. The molecular weight excluding hydrogens is 959 g/mol. The van der Waals surface area contributed by atoms with Gasteiger partial charge in [-0.05, 0) is 90.5 Å². The van der Waals surface area contributed by atoms with E-state index in [1.54, 1.807) is 46.8 Å². The molecule has 3 aliphatic heterocycles. The molecule has 70 heavy (non-hydrogen) atoms. The number of methoxy groups -OCH3 is 1. The Kier molecular flexibility index (Phi) is 21.5. The smallest absolute Gasteiger partial charge is 0.342 e. The zero-order valence-corrected chi connectivity index (χ0v) is 43.0. The van der Waals surface area contributed by atoms with Crippen molar-refractivity contribution in [2.75, 3.05) is 13.7 Å². The molecule has 0 aliphatic carbocycles. The van der Waals surface area contributed by atoms with Crippen LogP contribution in [0.5, 0.6) is 11.5 Å². The third-order valence-corrected chi connectivity index (χ3v) is 13.4. The lowest BCUT2D eigenvalue weighted by atomic mass is 9.88. The second kappa shape index (κ2) is 25.7. The number of rotatable bonds is 12. The molecule has 7 N–H and O–H groups in total. The molecule has 0 spiro atoms.